The Morgan fingerprint density at radius 1 is 1.32 bits per heavy atom. The van der Waals surface area contributed by atoms with E-state index in [1.54, 1.807) is 0 Å². The van der Waals surface area contributed by atoms with E-state index in [0.29, 0.717) is 18.0 Å². The zero-order chi connectivity index (χ0) is 14.5. The Labute approximate surface area is 116 Å². The van der Waals surface area contributed by atoms with Crippen molar-refractivity contribution in [2.24, 2.45) is 0 Å². The lowest BCUT2D eigenvalue weighted by atomic mass is 10.1. The molecule has 0 aliphatic heterocycles. The lowest BCUT2D eigenvalue weighted by Crippen LogP contribution is -2.33. The van der Waals surface area contributed by atoms with Crippen LogP contribution in [0.5, 0.6) is 5.75 Å². The van der Waals surface area contributed by atoms with Crippen LogP contribution in [0.2, 0.25) is 0 Å². The zero-order valence-corrected chi connectivity index (χ0v) is 12.6. The summed E-state index contributed by atoms with van der Waals surface area (Å²) in [7, 11) is 0. The van der Waals surface area contributed by atoms with Crippen LogP contribution in [-0.4, -0.2) is 24.9 Å². The first-order valence-electron chi connectivity index (χ1n) is 6.78. The summed E-state index contributed by atoms with van der Waals surface area (Å²) in [5.74, 6) is 0.717. The van der Waals surface area contributed by atoms with Gasteiger partial charge in [-0.3, -0.25) is 0 Å². The molecular weight excluding hydrogens is 240 g/mol. The summed E-state index contributed by atoms with van der Waals surface area (Å²) in [5.41, 5.74) is 7.33. The Hall–Kier alpha value is -1.42. The normalized spacial score (nSPS) is 11.7. The first kappa shape index (κ1) is 15.6. The van der Waals surface area contributed by atoms with E-state index in [1.165, 1.54) is 0 Å². The molecular formula is C15H26N2O2. The molecule has 0 fully saturated rings. The fourth-order valence-corrected chi connectivity index (χ4v) is 1.76. The van der Waals surface area contributed by atoms with Crippen LogP contribution in [0, 0.1) is 0 Å². The highest BCUT2D eigenvalue weighted by Gasteiger charge is 2.17. The second-order valence-corrected chi connectivity index (χ2v) is 5.47. The van der Waals surface area contributed by atoms with Crippen LogP contribution in [0.25, 0.3) is 0 Å². The Bertz CT molecular complexity index is 403. The van der Waals surface area contributed by atoms with Crippen molar-refractivity contribution in [3.05, 3.63) is 18.2 Å². The highest BCUT2D eigenvalue weighted by molar-refractivity contribution is 5.61. The van der Waals surface area contributed by atoms with Gasteiger partial charge in [0.25, 0.3) is 0 Å². The number of hydrogen-bond acceptors (Lipinski definition) is 4. The van der Waals surface area contributed by atoms with Crippen molar-refractivity contribution in [3.8, 4) is 5.75 Å². The zero-order valence-electron chi connectivity index (χ0n) is 12.6. The van der Waals surface area contributed by atoms with Crippen molar-refractivity contribution >= 4 is 11.4 Å². The lowest BCUT2D eigenvalue weighted by Gasteiger charge is -2.25. The van der Waals surface area contributed by atoms with Crippen LogP contribution in [0.4, 0.5) is 11.4 Å². The van der Waals surface area contributed by atoms with Gasteiger partial charge in [-0.05, 0) is 46.8 Å². The number of rotatable bonds is 7. The van der Waals surface area contributed by atoms with Crippen molar-refractivity contribution in [2.75, 3.05) is 24.2 Å². The van der Waals surface area contributed by atoms with Crippen molar-refractivity contribution in [3.63, 3.8) is 0 Å². The SMILES string of the molecule is CCOC(C)(C)CNc1ccc(N)c(OC(C)C)c1. The van der Waals surface area contributed by atoms with Crippen molar-refractivity contribution in [1.29, 1.82) is 0 Å². The molecule has 19 heavy (non-hydrogen) atoms. The second kappa shape index (κ2) is 6.66. The molecule has 0 heterocycles. The van der Waals surface area contributed by atoms with Gasteiger partial charge in [0.15, 0.2) is 0 Å². The average Bonchev–Trinajstić information content (AvgIpc) is 2.29. The summed E-state index contributed by atoms with van der Waals surface area (Å²) in [6.07, 6.45) is 0.109. The largest absolute Gasteiger partial charge is 0.489 e. The third kappa shape index (κ3) is 5.39. The van der Waals surface area contributed by atoms with Gasteiger partial charge in [-0.15, -0.1) is 0 Å². The van der Waals surface area contributed by atoms with E-state index in [1.807, 2.05) is 39.0 Å². The van der Waals surface area contributed by atoms with E-state index in [9.17, 15) is 0 Å². The smallest absolute Gasteiger partial charge is 0.144 e. The van der Waals surface area contributed by atoms with Gasteiger partial charge >= 0.3 is 0 Å². The van der Waals surface area contributed by atoms with Crippen LogP contribution in [-0.2, 0) is 4.74 Å². The molecule has 0 aliphatic carbocycles. The van der Waals surface area contributed by atoms with Gasteiger partial charge in [-0.2, -0.15) is 0 Å². The molecule has 3 N–H and O–H groups in total. The maximum absolute atomic E-state index is 5.89. The highest BCUT2D eigenvalue weighted by atomic mass is 16.5. The Morgan fingerprint density at radius 2 is 2.00 bits per heavy atom. The standard InChI is InChI=1S/C15H26N2O2/c1-6-18-15(4,5)10-17-12-7-8-13(16)14(9-12)19-11(2)3/h7-9,11,17H,6,10,16H2,1-5H3. The summed E-state index contributed by atoms with van der Waals surface area (Å²) in [5, 5.41) is 3.35. The predicted octanol–water partition coefficient (Wildman–Crippen LogP) is 3.28. The van der Waals surface area contributed by atoms with E-state index in [0.717, 1.165) is 12.2 Å². The summed E-state index contributed by atoms with van der Waals surface area (Å²) in [6, 6.07) is 5.73. The van der Waals surface area contributed by atoms with Crippen molar-refractivity contribution in [1.82, 2.24) is 0 Å². The fourth-order valence-electron chi connectivity index (χ4n) is 1.76. The van der Waals surface area contributed by atoms with Crippen LogP contribution >= 0.6 is 0 Å². The maximum Gasteiger partial charge on any atom is 0.144 e. The molecule has 0 saturated heterocycles. The average molecular weight is 266 g/mol. The second-order valence-electron chi connectivity index (χ2n) is 5.47. The van der Waals surface area contributed by atoms with Gasteiger partial charge in [-0.1, -0.05) is 0 Å². The molecule has 0 atom stereocenters. The first-order chi connectivity index (χ1) is 8.84. The van der Waals surface area contributed by atoms with E-state index in [2.05, 4.69) is 19.2 Å². The Balaban J connectivity index is 2.69. The number of ether oxygens (including phenoxy) is 2. The van der Waals surface area contributed by atoms with Gasteiger partial charge in [0.1, 0.15) is 5.75 Å². The molecule has 1 aromatic rings. The highest BCUT2D eigenvalue weighted by Crippen LogP contribution is 2.27. The van der Waals surface area contributed by atoms with E-state index >= 15 is 0 Å². The quantitative estimate of drug-likeness (QED) is 0.744. The van der Waals surface area contributed by atoms with E-state index in [4.69, 9.17) is 15.2 Å². The van der Waals surface area contributed by atoms with Gasteiger partial charge < -0.3 is 20.5 Å². The van der Waals surface area contributed by atoms with E-state index < -0.39 is 0 Å². The van der Waals surface area contributed by atoms with Crippen LogP contribution in [0.1, 0.15) is 34.6 Å². The Morgan fingerprint density at radius 3 is 2.58 bits per heavy atom. The molecule has 0 bridgehead atoms. The van der Waals surface area contributed by atoms with Crippen LogP contribution in [0.15, 0.2) is 18.2 Å². The minimum absolute atomic E-state index is 0.109. The topological polar surface area (TPSA) is 56.5 Å². The third-order valence-corrected chi connectivity index (χ3v) is 2.63. The number of nitrogens with two attached hydrogens (primary N) is 1. The molecule has 0 saturated carbocycles. The molecule has 4 heteroatoms. The molecule has 0 aromatic heterocycles. The van der Waals surface area contributed by atoms with E-state index in [-0.39, 0.29) is 11.7 Å². The number of hydrogen-bond donors (Lipinski definition) is 2. The molecule has 0 aliphatic rings. The molecule has 108 valence electrons. The molecule has 1 rings (SSSR count). The van der Waals surface area contributed by atoms with Crippen LogP contribution < -0.4 is 15.8 Å². The summed E-state index contributed by atoms with van der Waals surface area (Å²) >= 11 is 0. The summed E-state index contributed by atoms with van der Waals surface area (Å²) in [6.45, 7) is 11.5. The van der Waals surface area contributed by atoms with Gasteiger partial charge in [0, 0.05) is 24.9 Å². The maximum atomic E-state index is 5.89. The minimum atomic E-state index is -0.199. The third-order valence-electron chi connectivity index (χ3n) is 2.63. The number of nitrogen functional groups attached to an aromatic ring is 1. The molecule has 0 spiro atoms. The first-order valence-corrected chi connectivity index (χ1v) is 6.78. The molecule has 0 amide bonds. The monoisotopic (exact) mass is 266 g/mol. The fraction of sp³-hybridized carbons (Fsp3) is 0.600. The molecule has 0 unspecified atom stereocenters. The summed E-state index contributed by atoms with van der Waals surface area (Å²) < 4.78 is 11.3. The van der Waals surface area contributed by atoms with Crippen molar-refractivity contribution < 1.29 is 9.47 Å². The predicted molar refractivity (Wildman–Crippen MR) is 80.8 cm³/mol. The van der Waals surface area contributed by atoms with Gasteiger partial charge in [0.2, 0.25) is 0 Å². The van der Waals surface area contributed by atoms with Crippen molar-refractivity contribution in [2.45, 2.75) is 46.3 Å². The number of benzene rings is 1. The van der Waals surface area contributed by atoms with Gasteiger partial charge in [-0.25, -0.2) is 0 Å². The van der Waals surface area contributed by atoms with Gasteiger partial charge in [0.05, 0.1) is 17.4 Å². The number of nitrogens with one attached hydrogen (secondary N) is 1. The number of anilines is 2. The molecule has 1 aromatic carbocycles. The van der Waals surface area contributed by atoms with Crippen LogP contribution in [0.3, 0.4) is 0 Å². The Kier molecular flexibility index (Phi) is 5.48. The molecule has 0 radical (unpaired) electrons. The molecule has 4 nitrogen and oxygen atoms in total. The summed E-state index contributed by atoms with van der Waals surface area (Å²) in [4.78, 5) is 0. The lowest BCUT2D eigenvalue weighted by molar-refractivity contribution is 0.000693. The minimum Gasteiger partial charge on any atom is -0.489 e.